The van der Waals surface area contributed by atoms with Crippen LogP contribution < -0.4 is 0 Å². The smallest absolute Gasteiger partial charge is 0.124 e. The van der Waals surface area contributed by atoms with Crippen LogP contribution in [-0.4, -0.2) is 16.0 Å². The van der Waals surface area contributed by atoms with Gasteiger partial charge in [0.2, 0.25) is 0 Å². The minimum absolute atomic E-state index is 0.186. The Morgan fingerprint density at radius 1 is 1.05 bits per heavy atom. The average molecular weight is 277 g/mol. The van der Waals surface area contributed by atoms with Crippen molar-refractivity contribution in [3.05, 3.63) is 29.3 Å². The number of benzene rings is 1. The van der Waals surface area contributed by atoms with Gasteiger partial charge < -0.3 is 10.3 Å². The van der Waals surface area contributed by atoms with Crippen LogP contribution >= 0.6 is 0 Å². The van der Waals surface area contributed by atoms with Gasteiger partial charge in [-0.15, -0.1) is 0 Å². The van der Waals surface area contributed by atoms with Crippen molar-refractivity contribution in [3.8, 4) is 5.75 Å². The van der Waals surface area contributed by atoms with Crippen molar-refractivity contribution in [2.24, 2.45) is 5.16 Å². The summed E-state index contributed by atoms with van der Waals surface area (Å²) in [5, 5.41) is 22.4. The number of unbranched alkanes of at least 4 members (excludes halogenated alkanes) is 6. The fraction of sp³-hybridized carbons (Fsp3) is 0.588. The second-order valence-corrected chi connectivity index (χ2v) is 5.44. The van der Waals surface area contributed by atoms with Crippen LogP contribution in [0.4, 0.5) is 0 Å². The lowest BCUT2D eigenvalue weighted by Gasteiger charge is -2.08. The first-order chi connectivity index (χ1) is 9.69. The molecule has 0 saturated heterocycles. The highest BCUT2D eigenvalue weighted by Crippen LogP contribution is 2.21. The lowest BCUT2D eigenvalue weighted by atomic mass is 10.0. The third-order valence-electron chi connectivity index (χ3n) is 3.60. The van der Waals surface area contributed by atoms with E-state index < -0.39 is 0 Å². The van der Waals surface area contributed by atoms with Crippen LogP contribution in [0.3, 0.4) is 0 Å². The Balaban J connectivity index is 2.39. The van der Waals surface area contributed by atoms with Gasteiger partial charge in [-0.2, -0.15) is 0 Å². The maximum atomic E-state index is 9.84. The molecule has 1 rings (SSSR count). The Kier molecular flexibility index (Phi) is 7.78. The number of phenols is 1. The van der Waals surface area contributed by atoms with Crippen molar-refractivity contribution >= 4 is 5.71 Å². The molecule has 3 nitrogen and oxygen atoms in total. The lowest BCUT2D eigenvalue weighted by molar-refractivity contribution is 0.317. The molecule has 0 aliphatic carbocycles. The van der Waals surface area contributed by atoms with E-state index in [1.807, 2.05) is 19.1 Å². The van der Waals surface area contributed by atoms with Gasteiger partial charge >= 0.3 is 0 Å². The number of rotatable bonds is 9. The standard InChI is InChI=1S/C17H27NO2/c1-3-4-5-6-7-8-9-10-16(18-20)15-13-14(2)11-12-17(15)19/h11-13,19-20H,3-10H2,1-2H3. The van der Waals surface area contributed by atoms with Gasteiger partial charge in [0.05, 0.1) is 5.71 Å². The average Bonchev–Trinajstić information content (AvgIpc) is 2.45. The zero-order chi connectivity index (χ0) is 14.8. The molecule has 3 heteroatoms. The molecule has 0 fully saturated rings. The van der Waals surface area contributed by atoms with Gasteiger partial charge in [-0.1, -0.05) is 62.2 Å². The molecule has 1 aromatic carbocycles. The molecule has 1 aromatic rings. The number of hydrogen-bond donors (Lipinski definition) is 2. The van der Waals surface area contributed by atoms with E-state index in [-0.39, 0.29) is 5.75 Å². The summed E-state index contributed by atoms with van der Waals surface area (Å²) in [6.45, 7) is 4.18. The summed E-state index contributed by atoms with van der Waals surface area (Å²) >= 11 is 0. The van der Waals surface area contributed by atoms with Crippen molar-refractivity contribution in [2.75, 3.05) is 0 Å². The number of hydrogen-bond acceptors (Lipinski definition) is 3. The Morgan fingerprint density at radius 3 is 2.35 bits per heavy atom. The summed E-state index contributed by atoms with van der Waals surface area (Å²) in [6.07, 6.45) is 9.29. The molecule has 2 N–H and O–H groups in total. The molecule has 0 aromatic heterocycles. The zero-order valence-electron chi connectivity index (χ0n) is 12.7. The van der Waals surface area contributed by atoms with Crippen LogP contribution in [0.1, 0.15) is 69.4 Å². The van der Waals surface area contributed by atoms with E-state index >= 15 is 0 Å². The normalized spacial score (nSPS) is 11.8. The first kappa shape index (κ1) is 16.5. The van der Waals surface area contributed by atoms with E-state index in [4.69, 9.17) is 5.21 Å². The monoisotopic (exact) mass is 277 g/mol. The molecule has 0 atom stereocenters. The molecular formula is C17H27NO2. The SMILES string of the molecule is CCCCCCCCCC(=NO)c1cc(C)ccc1O. The molecule has 0 radical (unpaired) electrons. The van der Waals surface area contributed by atoms with Gasteiger partial charge in [0.25, 0.3) is 0 Å². The number of aryl methyl sites for hydroxylation is 1. The zero-order valence-corrected chi connectivity index (χ0v) is 12.7. The number of aromatic hydroxyl groups is 1. The van der Waals surface area contributed by atoms with Crippen molar-refractivity contribution in [2.45, 2.75) is 65.2 Å². The van der Waals surface area contributed by atoms with Crippen LogP contribution in [0, 0.1) is 6.92 Å². The van der Waals surface area contributed by atoms with Crippen LogP contribution in [0.25, 0.3) is 0 Å². The van der Waals surface area contributed by atoms with Crippen molar-refractivity contribution in [3.63, 3.8) is 0 Å². The fourth-order valence-electron chi connectivity index (χ4n) is 2.37. The fourth-order valence-corrected chi connectivity index (χ4v) is 2.37. The molecule has 0 heterocycles. The quantitative estimate of drug-likeness (QED) is 0.288. The summed E-state index contributed by atoms with van der Waals surface area (Å²) < 4.78 is 0. The van der Waals surface area contributed by atoms with Gasteiger partial charge in [-0.05, 0) is 31.9 Å². The molecule has 0 unspecified atom stereocenters. The van der Waals surface area contributed by atoms with Gasteiger partial charge in [0.1, 0.15) is 5.75 Å². The van der Waals surface area contributed by atoms with E-state index in [9.17, 15) is 5.11 Å². The van der Waals surface area contributed by atoms with Gasteiger partial charge in [-0.3, -0.25) is 0 Å². The molecule has 0 bridgehead atoms. The second kappa shape index (κ2) is 9.40. The van der Waals surface area contributed by atoms with Crippen molar-refractivity contribution in [1.82, 2.24) is 0 Å². The predicted molar refractivity (Wildman–Crippen MR) is 83.8 cm³/mol. The lowest BCUT2D eigenvalue weighted by Crippen LogP contribution is -2.02. The molecule has 0 amide bonds. The number of nitrogens with zero attached hydrogens (tertiary/aromatic N) is 1. The third-order valence-corrected chi connectivity index (χ3v) is 3.60. The van der Waals surface area contributed by atoms with Crippen LogP contribution in [0.15, 0.2) is 23.4 Å². The highest BCUT2D eigenvalue weighted by molar-refractivity contribution is 6.02. The molecule has 0 aliphatic heterocycles. The second-order valence-electron chi connectivity index (χ2n) is 5.44. The minimum Gasteiger partial charge on any atom is -0.507 e. The number of phenolic OH excluding ortho intramolecular Hbond substituents is 1. The molecule has 0 saturated carbocycles. The first-order valence-corrected chi connectivity index (χ1v) is 7.70. The maximum Gasteiger partial charge on any atom is 0.124 e. The number of oxime groups is 1. The minimum atomic E-state index is 0.186. The summed E-state index contributed by atoms with van der Waals surface area (Å²) in [5.74, 6) is 0.186. The van der Waals surface area contributed by atoms with E-state index in [2.05, 4.69) is 12.1 Å². The van der Waals surface area contributed by atoms with Gasteiger partial charge in [0, 0.05) is 5.56 Å². The highest BCUT2D eigenvalue weighted by atomic mass is 16.4. The molecule has 112 valence electrons. The van der Waals surface area contributed by atoms with E-state index in [1.54, 1.807) is 6.07 Å². The van der Waals surface area contributed by atoms with E-state index in [1.165, 1.54) is 32.1 Å². The Morgan fingerprint density at radius 2 is 1.70 bits per heavy atom. The largest absolute Gasteiger partial charge is 0.507 e. The van der Waals surface area contributed by atoms with Crippen molar-refractivity contribution in [1.29, 1.82) is 0 Å². The highest BCUT2D eigenvalue weighted by Gasteiger charge is 2.09. The van der Waals surface area contributed by atoms with Crippen LogP contribution in [0.5, 0.6) is 5.75 Å². The summed E-state index contributed by atoms with van der Waals surface area (Å²) in [7, 11) is 0. The Hall–Kier alpha value is -1.51. The predicted octanol–water partition coefficient (Wildman–Crippen LogP) is 5.02. The molecule has 0 aliphatic rings. The molecular weight excluding hydrogens is 250 g/mol. The van der Waals surface area contributed by atoms with Crippen LogP contribution in [0.2, 0.25) is 0 Å². The topological polar surface area (TPSA) is 52.8 Å². The Bertz CT molecular complexity index is 427. The maximum absolute atomic E-state index is 9.84. The molecule has 0 spiro atoms. The third kappa shape index (κ3) is 5.64. The summed E-state index contributed by atoms with van der Waals surface area (Å²) in [5.41, 5.74) is 2.29. The van der Waals surface area contributed by atoms with Crippen molar-refractivity contribution < 1.29 is 10.3 Å². The van der Waals surface area contributed by atoms with Gasteiger partial charge in [-0.25, -0.2) is 0 Å². The van der Waals surface area contributed by atoms with E-state index in [0.29, 0.717) is 17.7 Å². The molecule has 20 heavy (non-hydrogen) atoms. The Labute approximate surface area is 122 Å². The van der Waals surface area contributed by atoms with Crippen LogP contribution in [-0.2, 0) is 0 Å². The van der Waals surface area contributed by atoms with Gasteiger partial charge in [0.15, 0.2) is 0 Å². The summed E-state index contributed by atoms with van der Waals surface area (Å²) in [6, 6.07) is 5.37. The van der Waals surface area contributed by atoms with E-state index in [0.717, 1.165) is 18.4 Å². The summed E-state index contributed by atoms with van der Waals surface area (Å²) in [4.78, 5) is 0. The first-order valence-electron chi connectivity index (χ1n) is 7.70.